The van der Waals surface area contributed by atoms with E-state index in [9.17, 15) is 4.79 Å². The zero-order valence-electron chi connectivity index (χ0n) is 10.5. The second-order valence-electron chi connectivity index (χ2n) is 4.85. The van der Waals surface area contributed by atoms with Gasteiger partial charge < -0.3 is 9.64 Å². The Kier molecular flexibility index (Phi) is 6.15. The van der Waals surface area contributed by atoms with Crippen LogP contribution in [0.5, 0.6) is 5.75 Å². The van der Waals surface area contributed by atoms with Crippen LogP contribution >= 0.6 is 67.8 Å². The minimum atomic E-state index is -0.0652. The third-order valence-electron chi connectivity index (χ3n) is 3.34. The molecule has 0 spiro atoms. The van der Waals surface area contributed by atoms with E-state index < -0.39 is 0 Å². The lowest BCUT2D eigenvalue weighted by atomic mass is 9.97. The van der Waals surface area contributed by atoms with Crippen LogP contribution in [0, 0.1) is 16.6 Å². The predicted octanol–water partition coefficient (Wildman–Crippen LogP) is 2.33. The average molecular weight is 598 g/mol. The Morgan fingerprint density at radius 2 is 1.74 bits per heavy atom. The van der Waals surface area contributed by atoms with Crippen LogP contribution in [-0.4, -0.2) is 26.1 Å². The van der Waals surface area contributed by atoms with Crippen LogP contribution in [0.25, 0.3) is 0 Å². The van der Waals surface area contributed by atoms with Crippen molar-refractivity contribution in [3.63, 3.8) is 0 Å². The van der Waals surface area contributed by atoms with E-state index in [4.69, 9.17) is 4.74 Å². The predicted molar refractivity (Wildman–Crippen MR) is 99.6 cm³/mol. The summed E-state index contributed by atoms with van der Waals surface area (Å²) < 4.78 is 8.80. The molecule has 0 radical (unpaired) electrons. The topological polar surface area (TPSA) is 30.7 Å². The summed E-state index contributed by atoms with van der Waals surface area (Å²) in [6.07, 6.45) is 1.87. The number of ether oxygens (including phenoxy) is 1. The second-order valence-corrected chi connectivity index (χ2v) is 8.42. The van der Waals surface area contributed by atoms with Crippen molar-refractivity contribution in [2.75, 3.05) is 20.1 Å². The highest BCUT2D eigenvalue weighted by Gasteiger charge is 2.28. The van der Waals surface area contributed by atoms with Crippen LogP contribution < -0.4 is 9.64 Å². The Balaban J connectivity index is 2.07. The molecule has 1 heterocycles. The largest absolute Gasteiger partial charge is 0.424 e. The van der Waals surface area contributed by atoms with Crippen LogP contribution in [-0.2, 0) is 4.79 Å². The van der Waals surface area contributed by atoms with Crippen molar-refractivity contribution in [3.8, 4) is 5.75 Å². The summed E-state index contributed by atoms with van der Waals surface area (Å²) in [6.45, 7) is 2.11. The van der Waals surface area contributed by atoms with Gasteiger partial charge in [0.15, 0.2) is 5.75 Å². The molecule has 0 aliphatic carbocycles. The molecule has 0 saturated carbocycles. The van der Waals surface area contributed by atoms with E-state index in [0.717, 1.165) is 42.4 Å². The third-order valence-corrected chi connectivity index (χ3v) is 5.56. The van der Waals surface area contributed by atoms with Crippen LogP contribution in [0.1, 0.15) is 12.8 Å². The fourth-order valence-electron chi connectivity index (χ4n) is 2.16. The Morgan fingerprint density at radius 3 is 2.26 bits per heavy atom. The lowest BCUT2D eigenvalue weighted by molar-refractivity contribution is -0.885. The van der Waals surface area contributed by atoms with Gasteiger partial charge in [-0.3, -0.25) is 4.79 Å². The number of esters is 1. The number of hydrogen-bond acceptors (Lipinski definition) is 2. The summed E-state index contributed by atoms with van der Waals surface area (Å²) in [5, 5.41) is 0. The summed E-state index contributed by atoms with van der Waals surface area (Å²) in [5.74, 6) is 0.719. The van der Waals surface area contributed by atoms with Gasteiger partial charge >= 0.3 is 5.97 Å². The lowest BCUT2D eigenvalue weighted by Crippen LogP contribution is -3.10. The molecule has 0 aromatic heterocycles. The Morgan fingerprint density at radius 1 is 1.21 bits per heavy atom. The summed E-state index contributed by atoms with van der Waals surface area (Å²) in [7, 11) is 2.17. The van der Waals surface area contributed by atoms with Gasteiger partial charge in [0.1, 0.15) is 0 Å². The molecule has 104 valence electrons. The first-order valence-corrected chi connectivity index (χ1v) is 9.38. The molecule has 1 fully saturated rings. The molecule has 0 amide bonds. The summed E-state index contributed by atoms with van der Waals surface area (Å²) in [6, 6.07) is 4.06. The molecule has 3 nitrogen and oxygen atoms in total. The molecule has 19 heavy (non-hydrogen) atoms. The molecule has 1 aliphatic heterocycles. The smallest absolute Gasteiger partial charge is 0.314 e. The van der Waals surface area contributed by atoms with Gasteiger partial charge in [-0.15, -0.1) is 0 Å². The molecular formula is C13H15I3NO2+. The maximum absolute atomic E-state index is 12.2. The zero-order valence-corrected chi connectivity index (χ0v) is 17.0. The number of nitrogens with one attached hydrogen (secondary N) is 1. The van der Waals surface area contributed by atoms with E-state index in [1.165, 1.54) is 4.90 Å². The molecule has 0 atom stereocenters. The first-order chi connectivity index (χ1) is 8.97. The van der Waals surface area contributed by atoms with Crippen LogP contribution in [0.3, 0.4) is 0 Å². The van der Waals surface area contributed by atoms with Gasteiger partial charge in [0.05, 0.1) is 33.2 Å². The van der Waals surface area contributed by atoms with Gasteiger partial charge in [-0.1, -0.05) is 0 Å². The first-order valence-electron chi connectivity index (χ1n) is 6.15. The van der Waals surface area contributed by atoms with Crippen molar-refractivity contribution in [2.45, 2.75) is 12.8 Å². The molecule has 1 N–H and O–H groups in total. The number of likely N-dealkylation sites (tertiary alicyclic amines) is 1. The van der Waals surface area contributed by atoms with Crippen molar-refractivity contribution in [1.82, 2.24) is 0 Å². The number of halogens is 3. The minimum absolute atomic E-state index is 0.0644. The quantitative estimate of drug-likeness (QED) is 0.323. The molecule has 0 unspecified atom stereocenters. The van der Waals surface area contributed by atoms with Gasteiger partial charge in [0, 0.05) is 16.4 Å². The molecule has 2 rings (SSSR count). The molecule has 1 aromatic rings. The van der Waals surface area contributed by atoms with Crippen molar-refractivity contribution in [2.24, 2.45) is 5.92 Å². The molecule has 1 saturated heterocycles. The van der Waals surface area contributed by atoms with Gasteiger partial charge in [0.25, 0.3) is 0 Å². The summed E-state index contributed by atoms with van der Waals surface area (Å²) in [4.78, 5) is 13.7. The molecule has 0 bridgehead atoms. The highest BCUT2D eigenvalue weighted by Crippen LogP contribution is 2.30. The normalized spacial score (nSPS) is 23.2. The Hall–Kier alpha value is 0.840. The van der Waals surface area contributed by atoms with Gasteiger partial charge in [-0.25, -0.2) is 0 Å². The molecule has 6 heteroatoms. The van der Waals surface area contributed by atoms with Gasteiger partial charge in [0.2, 0.25) is 0 Å². The van der Waals surface area contributed by atoms with E-state index in [2.05, 4.69) is 74.8 Å². The Bertz CT molecular complexity index is 462. The Labute approximate surface area is 154 Å². The number of piperidine rings is 1. The summed E-state index contributed by atoms with van der Waals surface area (Å²) >= 11 is 6.73. The number of carbonyl (C=O) groups is 1. The average Bonchev–Trinajstić information content (AvgIpc) is 2.34. The number of carbonyl (C=O) groups excluding carboxylic acids is 1. The maximum Gasteiger partial charge on any atom is 0.314 e. The van der Waals surface area contributed by atoms with Crippen molar-refractivity contribution in [3.05, 3.63) is 22.8 Å². The number of quaternary nitrogens is 1. The monoisotopic (exact) mass is 598 g/mol. The zero-order chi connectivity index (χ0) is 14.0. The van der Waals surface area contributed by atoms with Crippen LogP contribution in [0.2, 0.25) is 0 Å². The van der Waals surface area contributed by atoms with E-state index in [1.807, 2.05) is 12.1 Å². The second kappa shape index (κ2) is 7.21. The minimum Gasteiger partial charge on any atom is -0.424 e. The highest BCUT2D eigenvalue weighted by atomic mass is 127. The molecule has 1 aliphatic rings. The van der Waals surface area contributed by atoms with Crippen molar-refractivity contribution < 1.29 is 14.4 Å². The van der Waals surface area contributed by atoms with E-state index >= 15 is 0 Å². The van der Waals surface area contributed by atoms with E-state index in [1.54, 1.807) is 0 Å². The molecular weight excluding hydrogens is 583 g/mol. The van der Waals surface area contributed by atoms with E-state index in [0.29, 0.717) is 0 Å². The number of benzene rings is 1. The van der Waals surface area contributed by atoms with Crippen LogP contribution in [0.15, 0.2) is 12.1 Å². The van der Waals surface area contributed by atoms with Gasteiger partial charge in [-0.2, -0.15) is 0 Å². The lowest BCUT2D eigenvalue weighted by Gasteiger charge is -2.25. The maximum atomic E-state index is 12.2. The number of hydrogen-bond donors (Lipinski definition) is 1. The fraction of sp³-hybridized carbons (Fsp3) is 0.462. The number of rotatable bonds is 2. The highest BCUT2D eigenvalue weighted by molar-refractivity contribution is 14.1. The van der Waals surface area contributed by atoms with Crippen molar-refractivity contribution in [1.29, 1.82) is 0 Å². The third kappa shape index (κ3) is 4.40. The van der Waals surface area contributed by atoms with Crippen molar-refractivity contribution >= 4 is 73.7 Å². The van der Waals surface area contributed by atoms with Gasteiger partial charge in [-0.05, 0) is 79.9 Å². The summed E-state index contributed by atoms with van der Waals surface area (Å²) in [5.41, 5.74) is 0. The standard InChI is InChI=1S/C13H14I3NO2/c1-17-4-2-8(3-5-17)13(18)19-12-10(15)6-9(14)7-11(12)16/h6-8H,2-5H2,1H3/p+1. The van der Waals surface area contributed by atoms with E-state index in [-0.39, 0.29) is 11.9 Å². The fourth-order valence-corrected chi connectivity index (χ4v) is 5.96. The van der Waals surface area contributed by atoms with Crippen LogP contribution in [0.4, 0.5) is 0 Å². The SMILES string of the molecule is C[NH+]1CCC(C(=O)Oc2c(I)cc(I)cc2I)CC1. The first kappa shape index (κ1) is 16.2. The molecule has 1 aromatic carbocycles.